The summed E-state index contributed by atoms with van der Waals surface area (Å²) in [7, 11) is 0. The number of nitrogens with one attached hydrogen (secondary N) is 2. The van der Waals surface area contributed by atoms with Crippen LogP contribution in [0.25, 0.3) is 0 Å². The number of amides is 1. The molecule has 0 heterocycles. The van der Waals surface area contributed by atoms with Gasteiger partial charge in [0.2, 0.25) is 0 Å². The molecule has 0 atom stereocenters. The van der Waals surface area contributed by atoms with Gasteiger partial charge in [0.1, 0.15) is 0 Å². The van der Waals surface area contributed by atoms with Crippen LogP contribution in [-0.2, 0) is 6.54 Å². The van der Waals surface area contributed by atoms with Crippen molar-refractivity contribution in [1.29, 1.82) is 0 Å². The molecular formula is C17H20N2O. The maximum absolute atomic E-state index is 11.6. The Labute approximate surface area is 120 Å². The first kappa shape index (κ1) is 14.1. The highest BCUT2D eigenvalue weighted by Gasteiger charge is 2.03. The lowest BCUT2D eigenvalue weighted by Crippen LogP contribution is -2.22. The van der Waals surface area contributed by atoms with E-state index in [1.165, 1.54) is 11.1 Å². The maximum Gasteiger partial charge on any atom is 0.251 e. The van der Waals surface area contributed by atoms with Crippen LogP contribution < -0.4 is 10.6 Å². The Hall–Kier alpha value is -2.29. The second kappa shape index (κ2) is 6.75. The van der Waals surface area contributed by atoms with Crippen LogP contribution in [-0.4, -0.2) is 12.5 Å². The van der Waals surface area contributed by atoms with Crippen molar-refractivity contribution in [3.8, 4) is 0 Å². The van der Waals surface area contributed by atoms with Crippen molar-refractivity contribution < 1.29 is 4.79 Å². The highest BCUT2D eigenvalue weighted by Crippen LogP contribution is 2.12. The fourth-order valence-corrected chi connectivity index (χ4v) is 2.03. The Morgan fingerprint density at radius 3 is 2.50 bits per heavy atom. The molecule has 104 valence electrons. The monoisotopic (exact) mass is 268 g/mol. The van der Waals surface area contributed by atoms with Crippen molar-refractivity contribution in [1.82, 2.24) is 5.32 Å². The second-order valence-electron chi connectivity index (χ2n) is 4.78. The molecule has 0 saturated carbocycles. The molecule has 3 nitrogen and oxygen atoms in total. The third-order valence-corrected chi connectivity index (χ3v) is 3.06. The Morgan fingerprint density at radius 2 is 1.85 bits per heavy atom. The standard InChI is InChI=1S/C17H20N2O/c1-3-18-17(20)15-7-9-16(10-8-15)19-12-14-6-4-5-13(2)11-14/h4-11,19H,3,12H2,1-2H3,(H,18,20). The summed E-state index contributed by atoms with van der Waals surface area (Å²) in [6, 6.07) is 15.9. The predicted octanol–water partition coefficient (Wildman–Crippen LogP) is 3.36. The Bertz CT molecular complexity index is 576. The van der Waals surface area contributed by atoms with Crippen LogP contribution in [0.5, 0.6) is 0 Å². The molecule has 0 radical (unpaired) electrons. The van der Waals surface area contributed by atoms with Gasteiger partial charge in [-0.3, -0.25) is 4.79 Å². The SMILES string of the molecule is CCNC(=O)c1ccc(NCc2cccc(C)c2)cc1. The first-order chi connectivity index (χ1) is 9.69. The van der Waals surface area contributed by atoms with Gasteiger partial charge in [-0.05, 0) is 43.7 Å². The Kier molecular flexibility index (Phi) is 4.77. The van der Waals surface area contributed by atoms with E-state index in [-0.39, 0.29) is 5.91 Å². The predicted molar refractivity (Wildman–Crippen MR) is 83.0 cm³/mol. The van der Waals surface area contributed by atoms with E-state index >= 15 is 0 Å². The van der Waals surface area contributed by atoms with Crippen LogP contribution in [0.15, 0.2) is 48.5 Å². The van der Waals surface area contributed by atoms with Crippen molar-refractivity contribution in [3.05, 3.63) is 65.2 Å². The summed E-state index contributed by atoms with van der Waals surface area (Å²) >= 11 is 0. The highest BCUT2D eigenvalue weighted by molar-refractivity contribution is 5.94. The number of hydrogen-bond acceptors (Lipinski definition) is 2. The van der Waals surface area contributed by atoms with Gasteiger partial charge >= 0.3 is 0 Å². The van der Waals surface area contributed by atoms with Crippen molar-refractivity contribution in [2.45, 2.75) is 20.4 Å². The number of rotatable bonds is 5. The van der Waals surface area contributed by atoms with Crippen LogP contribution in [0.4, 0.5) is 5.69 Å². The third kappa shape index (κ3) is 3.85. The van der Waals surface area contributed by atoms with Gasteiger partial charge in [-0.1, -0.05) is 29.8 Å². The van der Waals surface area contributed by atoms with Crippen LogP contribution in [0.1, 0.15) is 28.4 Å². The summed E-state index contributed by atoms with van der Waals surface area (Å²) in [4.78, 5) is 11.6. The molecule has 0 fully saturated rings. The van der Waals surface area contributed by atoms with Crippen molar-refractivity contribution in [2.75, 3.05) is 11.9 Å². The number of benzene rings is 2. The Balaban J connectivity index is 1.95. The molecule has 2 aromatic rings. The van der Waals surface area contributed by atoms with Crippen LogP contribution >= 0.6 is 0 Å². The van der Waals surface area contributed by atoms with Crippen LogP contribution in [0.3, 0.4) is 0 Å². The average molecular weight is 268 g/mol. The van der Waals surface area contributed by atoms with Gasteiger partial charge in [-0.15, -0.1) is 0 Å². The quantitative estimate of drug-likeness (QED) is 0.873. The molecule has 0 spiro atoms. The summed E-state index contributed by atoms with van der Waals surface area (Å²) in [6.45, 7) is 5.43. The number of carbonyl (C=O) groups excluding carboxylic acids is 1. The lowest BCUT2D eigenvalue weighted by Gasteiger charge is -2.08. The van der Waals surface area contributed by atoms with Gasteiger partial charge in [0.25, 0.3) is 5.91 Å². The topological polar surface area (TPSA) is 41.1 Å². The van der Waals surface area contributed by atoms with Crippen molar-refractivity contribution >= 4 is 11.6 Å². The highest BCUT2D eigenvalue weighted by atomic mass is 16.1. The minimum Gasteiger partial charge on any atom is -0.381 e. The van der Waals surface area contributed by atoms with Crippen molar-refractivity contribution in [3.63, 3.8) is 0 Å². The summed E-state index contributed by atoms with van der Waals surface area (Å²) in [5, 5.41) is 6.14. The van der Waals surface area contributed by atoms with E-state index in [4.69, 9.17) is 0 Å². The molecule has 3 heteroatoms. The molecular weight excluding hydrogens is 248 g/mol. The smallest absolute Gasteiger partial charge is 0.251 e. The summed E-state index contributed by atoms with van der Waals surface area (Å²) in [6.07, 6.45) is 0. The molecule has 0 saturated heterocycles. The normalized spacial score (nSPS) is 10.1. The summed E-state index contributed by atoms with van der Waals surface area (Å²) in [5.41, 5.74) is 4.21. The molecule has 20 heavy (non-hydrogen) atoms. The van der Waals surface area contributed by atoms with Gasteiger partial charge in [0.05, 0.1) is 0 Å². The molecule has 2 N–H and O–H groups in total. The van der Waals surface area contributed by atoms with E-state index in [1.807, 2.05) is 31.2 Å². The maximum atomic E-state index is 11.6. The molecule has 0 aromatic heterocycles. The molecule has 0 aliphatic rings. The molecule has 0 aliphatic heterocycles. The zero-order chi connectivity index (χ0) is 14.4. The van der Waals surface area contributed by atoms with Gasteiger partial charge in [0, 0.05) is 24.3 Å². The van der Waals surface area contributed by atoms with Crippen LogP contribution in [0.2, 0.25) is 0 Å². The largest absolute Gasteiger partial charge is 0.381 e. The molecule has 0 bridgehead atoms. The van der Waals surface area contributed by atoms with Crippen molar-refractivity contribution in [2.24, 2.45) is 0 Å². The van der Waals surface area contributed by atoms with Gasteiger partial charge < -0.3 is 10.6 Å². The third-order valence-electron chi connectivity index (χ3n) is 3.06. The molecule has 2 rings (SSSR count). The van der Waals surface area contributed by atoms with E-state index < -0.39 is 0 Å². The number of anilines is 1. The van der Waals surface area contributed by atoms with Gasteiger partial charge in [-0.2, -0.15) is 0 Å². The summed E-state index contributed by atoms with van der Waals surface area (Å²) in [5.74, 6) is -0.0299. The average Bonchev–Trinajstić information content (AvgIpc) is 2.46. The van der Waals surface area contributed by atoms with E-state index in [0.29, 0.717) is 12.1 Å². The lowest BCUT2D eigenvalue weighted by atomic mass is 10.1. The lowest BCUT2D eigenvalue weighted by molar-refractivity contribution is 0.0956. The molecule has 0 aliphatic carbocycles. The molecule has 2 aromatic carbocycles. The van der Waals surface area contributed by atoms with E-state index in [9.17, 15) is 4.79 Å². The second-order valence-corrected chi connectivity index (χ2v) is 4.78. The minimum atomic E-state index is -0.0299. The molecule has 1 amide bonds. The fraction of sp³-hybridized carbons (Fsp3) is 0.235. The van der Waals surface area contributed by atoms with Crippen LogP contribution in [0, 0.1) is 6.92 Å². The van der Waals surface area contributed by atoms with Gasteiger partial charge in [0.15, 0.2) is 0 Å². The fourth-order valence-electron chi connectivity index (χ4n) is 2.03. The number of hydrogen-bond donors (Lipinski definition) is 2. The first-order valence-corrected chi connectivity index (χ1v) is 6.86. The minimum absolute atomic E-state index is 0.0299. The molecule has 0 unspecified atom stereocenters. The number of carbonyl (C=O) groups is 1. The van der Waals surface area contributed by atoms with E-state index in [1.54, 1.807) is 0 Å². The zero-order valence-electron chi connectivity index (χ0n) is 11.9. The van der Waals surface area contributed by atoms with E-state index in [2.05, 4.69) is 41.8 Å². The first-order valence-electron chi connectivity index (χ1n) is 6.86. The zero-order valence-corrected chi connectivity index (χ0v) is 11.9. The van der Waals surface area contributed by atoms with Gasteiger partial charge in [-0.25, -0.2) is 0 Å². The number of aryl methyl sites for hydroxylation is 1. The Morgan fingerprint density at radius 1 is 1.10 bits per heavy atom. The van der Waals surface area contributed by atoms with E-state index in [0.717, 1.165) is 12.2 Å². The summed E-state index contributed by atoms with van der Waals surface area (Å²) < 4.78 is 0.